The van der Waals surface area contributed by atoms with Gasteiger partial charge in [-0.3, -0.25) is 14.5 Å². The highest BCUT2D eigenvalue weighted by Crippen LogP contribution is 2.28. The highest BCUT2D eigenvalue weighted by Gasteiger charge is 2.16. The zero-order valence-electron chi connectivity index (χ0n) is 9.97. The summed E-state index contributed by atoms with van der Waals surface area (Å²) in [5, 5.41) is 11.4. The van der Waals surface area contributed by atoms with Crippen LogP contribution in [0, 0.1) is 0 Å². The van der Waals surface area contributed by atoms with Gasteiger partial charge in [0, 0.05) is 6.54 Å². The van der Waals surface area contributed by atoms with Gasteiger partial charge in [-0.15, -0.1) is 0 Å². The largest absolute Gasteiger partial charge is 0.482 e. The average Bonchev–Trinajstić information content (AvgIpc) is 2.27. The molecule has 18 heavy (non-hydrogen) atoms. The monoisotopic (exact) mass is 250 g/mol. The van der Waals surface area contributed by atoms with Gasteiger partial charge in [-0.2, -0.15) is 0 Å². The molecule has 0 unspecified atom stereocenters. The predicted molar refractivity (Wildman–Crippen MR) is 64.5 cm³/mol. The van der Waals surface area contributed by atoms with Crippen LogP contribution in [0.2, 0.25) is 0 Å². The fraction of sp³-hybridized carbons (Fsp3) is 0.333. The number of rotatable bonds is 4. The number of hydrogen-bond acceptors (Lipinski definition) is 4. The number of carbonyl (C=O) groups excluding carboxylic acids is 1. The number of benzene rings is 1. The van der Waals surface area contributed by atoms with Crippen LogP contribution in [0.1, 0.15) is 5.56 Å². The number of ether oxygens (including phenoxy) is 1. The average molecular weight is 250 g/mol. The maximum atomic E-state index is 11.2. The molecule has 1 heterocycles. The molecule has 0 radical (unpaired) electrons. The summed E-state index contributed by atoms with van der Waals surface area (Å²) in [5.41, 5.74) is 1.55. The first-order valence-electron chi connectivity index (χ1n) is 5.50. The fourth-order valence-electron chi connectivity index (χ4n) is 1.83. The Kier molecular flexibility index (Phi) is 3.47. The van der Waals surface area contributed by atoms with E-state index in [1.807, 2.05) is 6.07 Å². The van der Waals surface area contributed by atoms with Crippen molar-refractivity contribution >= 4 is 17.6 Å². The highest BCUT2D eigenvalue weighted by atomic mass is 16.5. The summed E-state index contributed by atoms with van der Waals surface area (Å²) < 4.78 is 5.24. The lowest BCUT2D eigenvalue weighted by Crippen LogP contribution is -2.27. The van der Waals surface area contributed by atoms with Crippen LogP contribution in [-0.4, -0.2) is 42.1 Å². The van der Waals surface area contributed by atoms with Gasteiger partial charge in [-0.1, -0.05) is 6.07 Å². The molecule has 96 valence electrons. The maximum Gasteiger partial charge on any atom is 0.317 e. The molecule has 0 fully saturated rings. The number of likely N-dealkylation sites (N-methyl/N-ethyl adjacent to an activating group) is 1. The number of carbonyl (C=O) groups is 2. The molecule has 2 N–H and O–H groups in total. The quantitative estimate of drug-likeness (QED) is 0.815. The Hall–Kier alpha value is -2.08. The fourth-order valence-corrected chi connectivity index (χ4v) is 1.83. The van der Waals surface area contributed by atoms with Gasteiger partial charge in [0.1, 0.15) is 5.75 Å². The molecular formula is C12H14N2O4. The molecule has 6 heteroatoms. The van der Waals surface area contributed by atoms with Crippen molar-refractivity contribution in [3.63, 3.8) is 0 Å². The molecular weight excluding hydrogens is 236 g/mol. The molecule has 1 aliphatic heterocycles. The van der Waals surface area contributed by atoms with Gasteiger partial charge in [0.05, 0.1) is 12.2 Å². The number of amides is 1. The number of carboxylic acid groups (broad SMARTS) is 1. The van der Waals surface area contributed by atoms with E-state index in [9.17, 15) is 9.59 Å². The summed E-state index contributed by atoms with van der Waals surface area (Å²) in [7, 11) is 1.72. The minimum absolute atomic E-state index is 0.0278. The SMILES string of the molecule is CN(CC(=O)O)Cc1ccc2c(c1)NC(=O)CO2. The Balaban J connectivity index is 2.08. The van der Waals surface area contributed by atoms with Gasteiger partial charge in [0.25, 0.3) is 5.91 Å². The number of hydrogen-bond donors (Lipinski definition) is 2. The van der Waals surface area contributed by atoms with E-state index in [1.165, 1.54) is 0 Å². The second-order valence-electron chi connectivity index (χ2n) is 4.23. The van der Waals surface area contributed by atoms with E-state index in [-0.39, 0.29) is 19.1 Å². The van der Waals surface area contributed by atoms with Crippen LogP contribution >= 0.6 is 0 Å². The third-order valence-corrected chi connectivity index (χ3v) is 2.53. The van der Waals surface area contributed by atoms with E-state index in [2.05, 4.69) is 5.32 Å². The summed E-state index contributed by atoms with van der Waals surface area (Å²) in [6, 6.07) is 5.43. The lowest BCUT2D eigenvalue weighted by molar-refractivity contribution is -0.138. The molecule has 0 bridgehead atoms. The Bertz CT molecular complexity index is 487. The smallest absolute Gasteiger partial charge is 0.317 e. The van der Waals surface area contributed by atoms with Crippen molar-refractivity contribution < 1.29 is 19.4 Å². The van der Waals surface area contributed by atoms with E-state index in [0.29, 0.717) is 18.0 Å². The number of carboxylic acids is 1. The first-order chi connectivity index (χ1) is 8.54. The molecule has 0 saturated carbocycles. The van der Waals surface area contributed by atoms with E-state index >= 15 is 0 Å². The van der Waals surface area contributed by atoms with Gasteiger partial charge in [0.15, 0.2) is 6.61 Å². The first-order valence-corrected chi connectivity index (χ1v) is 5.50. The molecule has 1 aromatic rings. The predicted octanol–water partition coefficient (Wildman–Crippen LogP) is 0.534. The highest BCUT2D eigenvalue weighted by molar-refractivity contribution is 5.95. The minimum atomic E-state index is -0.868. The first kappa shape index (κ1) is 12.4. The number of nitrogens with zero attached hydrogens (tertiary/aromatic N) is 1. The normalized spacial score (nSPS) is 13.8. The Morgan fingerprint density at radius 3 is 3.06 bits per heavy atom. The summed E-state index contributed by atoms with van der Waals surface area (Å²) in [6.45, 7) is 0.501. The molecule has 0 aliphatic carbocycles. The topological polar surface area (TPSA) is 78.9 Å². The van der Waals surface area contributed by atoms with Crippen molar-refractivity contribution in [2.75, 3.05) is 25.5 Å². The second-order valence-corrected chi connectivity index (χ2v) is 4.23. The van der Waals surface area contributed by atoms with Crippen LogP contribution in [0.15, 0.2) is 18.2 Å². The number of fused-ring (bicyclic) bond motifs is 1. The van der Waals surface area contributed by atoms with Crippen molar-refractivity contribution in [1.29, 1.82) is 0 Å². The summed E-state index contributed by atoms with van der Waals surface area (Å²) in [6.07, 6.45) is 0. The van der Waals surface area contributed by atoms with Gasteiger partial charge in [0.2, 0.25) is 0 Å². The van der Waals surface area contributed by atoms with Crippen molar-refractivity contribution in [1.82, 2.24) is 4.90 Å². The van der Waals surface area contributed by atoms with Gasteiger partial charge in [-0.25, -0.2) is 0 Å². The number of anilines is 1. The summed E-state index contributed by atoms with van der Waals surface area (Å²) in [4.78, 5) is 23.4. The molecule has 1 aliphatic rings. The van der Waals surface area contributed by atoms with Gasteiger partial charge in [-0.05, 0) is 24.7 Å². The van der Waals surface area contributed by atoms with Crippen LogP contribution in [0.5, 0.6) is 5.75 Å². The molecule has 0 spiro atoms. The number of nitrogens with one attached hydrogen (secondary N) is 1. The zero-order chi connectivity index (χ0) is 13.1. The van der Waals surface area contributed by atoms with Gasteiger partial charge < -0.3 is 15.2 Å². The number of aliphatic carboxylic acids is 1. The molecule has 2 rings (SSSR count). The molecule has 0 atom stereocenters. The Labute approximate surface area is 104 Å². The molecule has 1 aromatic carbocycles. The third kappa shape index (κ3) is 2.98. The van der Waals surface area contributed by atoms with Crippen molar-refractivity contribution in [3.8, 4) is 5.75 Å². The van der Waals surface area contributed by atoms with E-state index in [0.717, 1.165) is 5.56 Å². The lowest BCUT2D eigenvalue weighted by atomic mass is 10.1. The van der Waals surface area contributed by atoms with Crippen LogP contribution in [0.4, 0.5) is 5.69 Å². The molecule has 0 aromatic heterocycles. The maximum absolute atomic E-state index is 11.2. The molecule has 1 amide bonds. The zero-order valence-corrected chi connectivity index (χ0v) is 9.97. The lowest BCUT2D eigenvalue weighted by Gasteiger charge is -2.20. The molecule has 0 saturated heterocycles. The summed E-state index contributed by atoms with van der Waals surface area (Å²) in [5.74, 6) is -0.412. The Morgan fingerprint density at radius 2 is 2.33 bits per heavy atom. The van der Waals surface area contributed by atoms with Crippen LogP contribution in [0.3, 0.4) is 0 Å². The molecule has 6 nitrogen and oxygen atoms in total. The second kappa shape index (κ2) is 5.05. The van der Waals surface area contributed by atoms with Crippen molar-refractivity contribution in [2.45, 2.75) is 6.54 Å². The van der Waals surface area contributed by atoms with E-state index in [1.54, 1.807) is 24.1 Å². The Morgan fingerprint density at radius 1 is 1.56 bits per heavy atom. The summed E-state index contributed by atoms with van der Waals surface area (Å²) >= 11 is 0. The van der Waals surface area contributed by atoms with E-state index < -0.39 is 5.97 Å². The van der Waals surface area contributed by atoms with E-state index in [4.69, 9.17) is 9.84 Å². The van der Waals surface area contributed by atoms with Gasteiger partial charge >= 0.3 is 5.97 Å². The minimum Gasteiger partial charge on any atom is -0.482 e. The third-order valence-electron chi connectivity index (χ3n) is 2.53. The van der Waals surface area contributed by atoms with Crippen LogP contribution in [0.25, 0.3) is 0 Å². The van der Waals surface area contributed by atoms with Crippen molar-refractivity contribution in [2.24, 2.45) is 0 Å². The van der Waals surface area contributed by atoms with Crippen LogP contribution in [-0.2, 0) is 16.1 Å². The van der Waals surface area contributed by atoms with Crippen LogP contribution < -0.4 is 10.1 Å². The van der Waals surface area contributed by atoms with Crippen molar-refractivity contribution in [3.05, 3.63) is 23.8 Å². The standard InChI is InChI=1S/C12H14N2O4/c1-14(6-12(16)17)5-8-2-3-10-9(4-8)13-11(15)7-18-10/h2-4H,5-7H2,1H3,(H,13,15)(H,16,17).